The molecule has 8 nitrogen and oxygen atoms in total. The number of hydrogen-bond donors (Lipinski definition) is 2. The van der Waals surface area contributed by atoms with E-state index in [1.54, 1.807) is 24.3 Å². The van der Waals surface area contributed by atoms with Crippen molar-refractivity contribution in [1.29, 1.82) is 0 Å². The van der Waals surface area contributed by atoms with Gasteiger partial charge in [0.15, 0.2) is 0 Å². The van der Waals surface area contributed by atoms with E-state index in [0.29, 0.717) is 16.9 Å². The second-order valence-electron chi connectivity index (χ2n) is 4.98. The standard InChI is InChI=1S/C17H14IN3O5/c1-26-15-7-6-12(10-14(15)18)17(23)20-19-16(22)8-5-11-3-2-4-13(9-11)21(24)25/h2-10H,1H3,(H,19,22)(H,20,23)/b8-5+. The van der Waals surface area contributed by atoms with Crippen molar-refractivity contribution in [3.8, 4) is 5.75 Å². The molecule has 0 atom stereocenters. The lowest BCUT2D eigenvalue weighted by Gasteiger charge is -2.07. The Hall–Kier alpha value is -2.95. The third-order valence-corrected chi connectivity index (χ3v) is 4.06. The fourth-order valence-electron chi connectivity index (χ4n) is 1.95. The summed E-state index contributed by atoms with van der Waals surface area (Å²) in [4.78, 5) is 34.0. The fourth-order valence-corrected chi connectivity index (χ4v) is 2.69. The zero-order valence-corrected chi connectivity index (χ0v) is 15.7. The molecule has 0 radical (unpaired) electrons. The van der Waals surface area contributed by atoms with Crippen molar-refractivity contribution in [2.75, 3.05) is 7.11 Å². The molecule has 2 rings (SSSR count). The highest BCUT2D eigenvalue weighted by Crippen LogP contribution is 2.21. The third-order valence-electron chi connectivity index (χ3n) is 3.22. The number of amides is 2. The van der Waals surface area contributed by atoms with Crippen LogP contribution in [0, 0.1) is 13.7 Å². The van der Waals surface area contributed by atoms with E-state index in [1.165, 1.54) is 31.4 Å². The maximum atomic E-state index is 12.0. The number of hydrogen-bond acceptors (Lipinski definition) is 5. The highest BCUT2D eigenvalue weighted by atomic mass is 127. The average Bonchev–Trinajstić information content (AvgIpc) is 2.64. The summed E-state index contributed by atoms with van der Waals surface area (Å²) in [6.45, 7) is 0. The smallest absolute Gasteiger partial charge is 0.270 e. The number of halogens is 1. The summed E-state index contributed by atoms with van der Waals surface area (Å²) in [5, 5.41) is 10.7. The molecule has 26 heavy (non-hydrogen) atoms. The molecule has 0 bridgehead atoms. The van der Waals surface area contributed by atoms with E-state index < -0.39 is 16.7 Å². The first-order valence-electron chi connectivity index (χ1n) is 7.27. The summed E-state index contributed by atoms with van der Waals surface area (Å²) in [6, 6.07) is 10.7. The quantitative estimate of drug-likeness (QED) is 0.304. The molecule has 0 heterocycles. The van der Waals surface area contributed by atoms with Crippen molar-refractivity contribution < 1.29 is 19.2 Å². The number of nitrogens with one attached hydrogen (secondary N) is 2. The van der Waals surface area contributed by atoms with E-state index in [4.69, 9.17) is 4.74 Å². The summed E-state index contributed by atoms with van der Waals surface area (Å²) in [5.41, 5.74) is 5.31. The minimum Gasteiger partial charge on any atom is -0.496 e. The number of nitro groups is 1. The van der Waals surface area contributed by atoms with Crippen LogP contribution in [-0.4, -0.2) is 23.8 Å². The van der Waals surface area contributed by atoms with Gasteiger partial charge in [-0.05, 0) is 52.4 Å². The van der Waals surface area contributed by atoms with Gasteiger partial charge in [0.05, 0.1) is 15.6 Å². The fraction of sp³-hybridized carbons (Fsp3) is 0.0588. The topological polar surface area (TPSA) is 111 Å². The monoisotopic (exact) mass is 467 g/mol. The largest absolute Gasteiger partial charge is 0.496 e. The number of carbonyl (C=O) groups is 2. The van der Waals surface area contributed by atoms with E-state index in [-0.39, 0.29) is 5.69 Å². The van der Waals surface area contributed by atoms with Crippen molar-refractivity contribution in [2.45, 2.75) is 0 Å². The number of nitrogens with zero attached hydrogens (tertiary/aromatic N) is 1. The molecule has 2 amide bonds. The summed E-state index contributed by atoms with van der Waals surface area (Å²) in [5.74, 6) is -0.415. The Balaban J connectivity index is 1.94. The van der Waals surface area contributed by atoms with Crippen LogP contribution < -0.4 is 15.6 Å². The molecule has 0 saturated heterocycles. The van der Waals surface area contributed by atoms with Crippen molar-refractivity contribution >= 4 is 46.2 Å². The predicted molar refractivity (Wildman–Crippen MR) is 103 cm³/mol. The van der Waals surface area contributed by atoms with Crippen LogP contribution in [0.3, 0.4) is 0 Å². The van der Waals surface area contributed by atoms with Gasteiger partial charge >= 0.3 is 0 Å². The minimum atomic E-state index is -0.576. The Morgan fingerprint density at radius 2 is 1.96 bits per heavy atom. The molecule has 0 aromatic heterocycles. The number of methoxy groups -OCH3 is 1. The maximum Gasteiger partial charge on any atom is 0.270 e. The first kappa shape index (κ1) is 19.4. The van der Waals surface area contributed by atoms with Crippen molar-refractivity contribution in [1.82, 2.24) is 10.9 Å². The van der Waals surface area contributed by atoms with Gasteiger partial charge in [-0.15, -0.1) is 0 Å². The van der Waals surface area contributed by atoms with Gasteiger partial charge in [-0.2, -0.15) is 0 Å². The van der Waals surface area contributed by atoms with Crippen LogP contribution in [0.25, 0.3) is 6.08 Å². The van der Waals surface area contributed by atoms with Gasteiger partial charge in [-0.1, -0.05) is 12.1 Å². The number of ether oxygens (including phenoxy) is 1. The predicted octanol–water partition coefficient (Wildman–Crippen LogP) is 2.68. The number of hydrazine groups is 1. The van der Waals surface area contributed by atoms with Gasteiger partial charge in [0.1, 0.15) is 5.75 Å². The lowest BCUT2D eigenvalue weighted by molar-refractivity contribution is -0.384. The number of carbonyl (C=O) groups excluding carboxylic acids is 2. The van der Waals surface area contributed by atoms with Crippen molar-refractivity contribution in [3.63, 3.8) is 0 Å². The molecule has 0 spiro atoms. The molecule has 134 valence electrons. The Labute approximate surface area is 162 Å². The van der Waals surface area contributed by atoms with E-state index in [9.17, 15) is 19.7 Å². The molecular weight excluding hydrogens is 453 g/mol. The SMILES string of the molecule is COc1ccc(C(=O)NNC(=O)/C=C/c2cccc([N+](=O)[O-])c2)cc1I. The number of rotatable bonds is 5. The second-order valence-corrected chi connectivity index (χ2v) is 6.14. The summed E-state index contributed by atoms with van der Waals surface area (Å²) in [7, 11) is 1.53. The van der Waals surface area contributed by atoms with Crippen LogP contribution in [0.4, 0.5) is 5.69 Å². The Bertz CT molecular complexity index is 882. The van der Waals surface area contributed by atoms with Gasteiger partial charge in [0, 0.05) is 23.8 Å². The second kappa shape index (κ2) is 8.94. The Morgan fingerprint density at radius 1 is 1.19 bits per heavy atom. The van der Waals surface area contributed by atoms with Crippen LogP contribution in [0.2, 0.25) is 0 Å². The van der Waals surface area contributed by atoms with Crippen LogP contribution in [0.5, 0.6) is 5.75 Å². The van der Waals surface area contributed by atoms with Crippen LogP contribution in [-0.2, 0) is 4.79 Å². The minimum absolute atomic E-state index is 0.0741. The molecule has 0 unspecified atom stereocenters. The molecule has 0 saturated carbocycles. The van der Waals surface area contributed by atoms with Crippen molar-refractivity contribution in [2.24, 2.45) is 0 Å². The number of non-ortho nitro benzene ring substituents is 1. The highest BCUT2D eigenvalue weighted by Gasteiger charge is 2.09. The molecule has 0 fully saturated rings. The van der Waals surface area contributed by atoms with E-state index in [2.05, 4.69) is 10.9 Å². The molecule has 2 aromatic rings. The Morgan fingerprint density at radius 3 is 2.62 bits per heavy atom. The van der Waals surface area contributed by atoms with Gasteiger partial charge in [-0.3, -0.25) is 30.6 Å². The van der Waals surface area contributed by atoms with E-state index in [1.807, 2.05) is 22.6 Å². The molecular formula is C17H14IN3O5. The molecule has 0 aliphatic rings. The third kappa shape index (κ3) is 5.28. The van der Waals surface area contributed by atoms with Crippen molar-refractivity contribution in [3.05, 3.63) is 73.4 Å². The van der Waals surface area contributed by atoms with Gasteiger partial charge in [0.25, 0.3) is 17.5 Å². The zero-order valence-electron chi connectivity index (χ0n) is 13.6. The van der Waals surface area contributed by atoms with Gasteiger partial charge in [0.2, 0.25) is 0 Å². The summed E-state index contributed by atoms with van der Waals surface area (Å²) >= 11 is 2.04. The number of benzene rings is 2. The first-order chi connectivity index (χ1) is 12.4. The van der Waals surface area contributed by atoms with Crippen LogP contribution in [0.1, 0.15) is 15.9 Å². The number of nitro benzene ring substituents is 1. The molecule has 0 aliphatic heterocycles. The molecule has 2 N–H and O–H groups in total. The van der Waals surface area contributed by atoms with Crippen LogP contribution >= 0.6 is 22.6 Å². The molecule has 9 heteroatoms. The normalized spacial score (nSPS) is 10.4. The highest BCUT2D eigenvalue weighted by molar-refractivity contribution is 14.1. The zero-order chi connectivity index (χ0) is 19.1. The maximum absolute atomic E-state index is 12.0. The average molecular weight is 467 g/mol. The van der Waals surface area contributed by atoms with Gasteiger partial charge in [-0.25, -0.2) is 0 Å². The summed E-state index contributed by atoms with van der Waals surface area (Å²) in [6.07, 6.45) is 2.57. The van der Waals surface area contributed by atoms with Gasteiger partial charge < -0.3 is 4.74 Å². The molecule has 0 aliphatic carbocycles. The lowest BCUT2D eigenvalue weighted by Crippen LogP contribution is -2.40. The summed E-state index contributed by atoms with van der Waals surface area (Å²) < 4.78 is 5.87. The lowest BCUT2D eigenvalue weighted by atomic mass is 10.2. The molecule has 2 aromatic carbocycles. The Kier molecular flexibility index (Phi) is 6.67. The van der Waals surface area contributed by atoms with E-state index in [0.717, 1.165) is 9.65 Å². The first-order valence-corrected chi connectivity index (χ1v) is 8.35. The van der Waals surface area contributed by atoms with E-state index >= 15 is 0 Å². The van der Waals surface area contributed by atoms with Crippen LogP contribution in [0.15, 0.2) is 48.5 Å².